The lowest BCUT2D eigenvalue weighted by Crippen LogP contribution is -2.46. The van der Waals surface area contributed by atoms with Crippen molar-refractivity contribution < 1.29 is 19.1 Å². The lowest BCUT2D eigenvalue weighted by atomic mass is 9.87. The quantitative estimate of drug-likeness (QED) is 0.445. The molecule has 34 heavy (non-hydrogen) atoms. The Morgan fingerprint density at radius 3 is 2.59 bits per heavy atom. The molecule has 1 aliphatic rings. The average molecular weight is 497 g/mol. The number of hydrogen-bond acceptors (Lipinski definition) is 5. The van der Waals surface area contributed by atoms with Crippen LogP contribution in [0.4, 0.5) is 11.4 Å². The first kappa shape index (κ1) is 24.0. The molecule has 1 N–H and O–H groups in total. The van der Waals surface area contributed by atoms with Gasteiger partial charge in [0.05, 0.1) is 12.0 Å². The summed E-state index contributed by atoms with van der Waals surface area (Å²) in [4.78, 5) is 41.2. The van der Waals surface area contributed by atoms with Gasteiger partial charge >= 0.3 is 5.97 Å². The molecule has 2 aromatic carbocycles. The molecule has 0 spiro atoms. The van der Waals surface area contributed by atoms with Crippen LogP contribution in [0.3, 0.4) is 0 Å². The van der Waals surface area contributed by atoms with Gasteiger partial charge in [-0.2, -0.15) is 0 Å². The number of nitrogens with one attached hydrogen (secondary N) is 1. The molecule has 0 radical (unpaired) electrons. The molecule has 0 saturated carbocycles. The molecule has 4 rings (SSSR count). The third-order valence-electron chi connectivity index (χ3n) is 5.93. The number of esters is 1. The lowest BCUT2D eigenvalue weighted by molar-refractivity contribution is -0.153. The molecule has 176 valence electrons. The summed E-state index contributed by atoms with van der Waals surface area (Å²) in [6.07, 6.45) is 0.584. The topological polar surface area (TPSA) is 75.7 Å². The Morgan fingerprint density at radius 1 is 1.12 bits per heavy atom. The highest BCUT2D eigenvalue weighted by Gasteiger charge is 2.43. The highest BCUT2D eigenvalue weighted by atomic mass is 35.5. The minimum absolute atomic E-state index is 0.0412. The molecule has 2 amide bonds. The monoisotopic (exact) mass is 496 g/mol. The maximum atomic E-state index is 13.2. The minimum atomic E-state index is -0.585. The van der Waals surface area contributed by atoms with E-state index in [0.717, 1.165) is 21.7 Å². The molecule has 1 aromatic heterocycles. The lowest BCUT2D eigenvalue weighted by Gasteiger charge is -2.39. The number of thiophene rings is 1. The summed E-state index contributed by atoms with van der Waals surface area (Å²) >= 11 is 7.60. The third-order valence-corrected chi connectivity index (χ3v) is 7.29. The normalized spacial score (nSPS) is 18.0. The minimum Gasteiger partial charge on any atom is -0.455 e. The van der Waals surface area contributed by atoms with E-state index >= 15 is 0 Å². The van der Waals surface area contributed by atoms with E-state index in [1.807, 2.05) is 48.7 Å². The van der Waals surface area contributed by atoms with Gasteiger partial charge in [-0.1, -0.05) is 41.4 Å². The zero-order valence-electron chi connectivity index (χ0n) is 18.9. The first-order valence-corrected chi connectivity index (χ1v) is 12.2. The fourth-order valence-corrected chi connectivity index (χ4v) is 5.16. The molecule has 1 fully saturated rings. The van der Waals surface area contributed by atoms with Crippen molar-refractivity contribution >= 4 is 52.1 Å². The molecule has 1 saturated heterocycles. The van der Waals surface area contributed by atoms with Crippen molar-refractivity contribution in [3.8, 4) is 0 Å². The number of benzene rings is 2. The van der Waals surface area contributed by atoms with Crippen molar-refractivity contribution in [3.05, 3.63) is 81.0 Å². The maximum Gasteiger partial charge on any atom is 0.311 e. The van der Waals surface area contributed by atoms with Crippen LogP contribution in [0.2, 0.25) is 5.02 Å². The zero-order valence-corrected chi connectivity index (χ0v) is 20.5. The highest BCUT2D eigenvalue weighted by molar-refractivity contribution is 7.10. The van der Waals surface area contributed by atoms with Crippen LogP contribution in [0.5, 0.6) is 0 Å². The number of hydrogen-bond donors (Lipinski definition) is 1. The fraction of sp³-hybridized carbons (Fsp3) is 0.269. The van der Waals surface area contributed by atoms with Gasteiger partial charge in [-0.05, 0) is 61.5 Å². The summed E-state index contributed by atoms with van der Waals surface area (Å²) in [6, 6.07) is 16.2. The van der Waals surface area contributed by atoms with E-state index in [0.29, 0.717) is 17.1 Å². The molecular weight excluding hydrogens is 472 g/mol. The molecule has 3 aromatic rings. The van der Waals surface area contributed by atoms with Crippen molar-refractivity contribution in [2.24, 2.45) is 5.92 Å². The van der Waals surface area contributed by atoms with E-state index in [2.05, 4.69) is 5.32 Å². The van der Waals surface area contributed by atoms with Crippen LogP contribution in [0.15, 0.2) is 60.0 Å². The Kier molecular flexibility index (Phi) is 7.34. The van der Waals surface area contributed by atoms with Gasteiger partial charge in [-0.15, -0.1) is 11.3 Å². The van der Waals surface area contributed by atoms with Gasteiger partial charge < -0.3 is 15.0 Å². The number of carbonyl (C=O) groups excluding carboxylic acids is 3. The molecule has 1 aliphatic heterocycles. The van der Waals surface area contributed by atoms with Crippen molar-refractivity contribution in [3.63, 3.8) is 0 Å². The van der Waals surface area contributed by atoms with Crippen molar-refractivity contribution in [2.45, 2.75) is 32.7 Å². The summed E-state index contributed by atoms with van der Waals surface area (Å²) in [5.41, 5.74) is 3.12. The number of anilines is 2. The van der Waals surface area contributed by atoms with Crippen LogP contribution in [0.1, 0.15) is 34.9 Å². The maximum absolute atomic E-state index is 13.2. The summed E-state index contributed by atoms with van der Waals surface area (Å²) < 4.78 is 5.44. The van der Waals surface area contributed by atoms with Gasteiger partial charge in [0, 0.05) is 27.7 Å². The first-order valence-electron chi connectivity index (χ1n) is 11.0. The molecule has 2 atom stereocenters. The molecule has 6 nitrogen and oxygen atoms in total. The second-order valence-corrected chi connectivity index (χ2v) is 9.66. The number of nitrogens with zero attached hydrogens (tertiary/aromatic N) is 1. The molecular formula is C26H25ClN2O4S. The van der Waals surface area contributed by atoms with Gasteiger partial charge in [0.1, 0.15) is 0 Å². The Labute approximate surface area is 207 Å². The van der Waals surface area contributed by atoms with Gasteiger partial charge in [0.2, 0.25) is 5.91 Å². The SMILES string of the molecule is Cc1ccc(N2C(=O)CCC(C(=O)OCC(=O)Nc3cccc(Cl)c3C)C2c2cccs2)cc1. The molecule has 2 unspecified atom stereocenters. The highest BCUT2D eigenvalue weighted by Crippen LogP contribution is 2.42. The predicted octanol–water partition coefficient (Wildman–Crippen LogP) is 5.68. The Balaban J connectivity index is 1.51. The van der Waals surface area contributed by atoms with Crippen LogP contribution in [0.25, 0.3) is 0 Å². The summed E-state index contributed by atoms with van der Waals surface area (Å²) in [5, 5.41) is 5.19. The standard InChI is InChI=1S/C26H25ClN2O4S/c1-16-8-10-18(11-9-16)29-24(31)13-12-19(25(29)22-7-4-14-34-22)26(32)33-15-23(30)28-21-6-3-5-20(27)17(21)2/h3-11,14,19,25H,12-13,15H2,1-2H3,(H,28,30). The average Bonchev–Trinajstić information content (AvgIpc) is 3.36. The molecule has 0 aliphatic carbocycles. The number of amides is 2. The van der Waals surface area contributed by atoms with Gasteiger partial charge in [0.25, 0.3) is 5.91 Å². The van der Waals surface area contributed by atoms with E-state index in [9.17, 15) is 14.4 Å². The van der Waals surface area contributed by atoms with Crippen molar-refractivity contribution in [2.75, 3.05) is 16.8 Å². The second-order valence-electron chi connectivity index (χ2n) is 8.27. The fourth-order valence-electron chi connectivity index (χ4n) is 4.11. The summed E-state index contributed by atoms with van der Waals surface area (Å²) in [6.45, 7) is 3.36. The summed E-state index contributed by atoms with van der Waals surface area (Å²) in [5.74, 6) is -1.58. The largest absolute Gasteiger partial charge is 0.455 e. The number of carbonyl (C=O) groups is 3. The third kappa shape index (κ3) is 5.16. The Hall–Kier alpha value is -3.16. The van der Waals surface area contributed by atoms with Gasteiger partial charge in [-0.25, -0.2) is 0 Å². The molecule has 8 heteroatoms. The van der Waals surface area contributed by atoms with Crippen LogP contribution < -0.4 is 10.2 Å². The van der Waals surface area contributed by atoms with E-state index in [1.165, 1.54) is 11.3 Å². The van der Waals surface area contributed by atoms with Crippen LogP contribution >= 0.6 is 22.9 Å². The van der Waals surface area contributed by atoms with Gasteiger partial charge in [0.15, 0.2) is 6.61 Å². The van der Waals surface area contributed by atoms with E-state index in [4.69, 9.17) is 16.3 Å². The van der Waals surface area contributed by atoms with Crippen molar-refractivity contribution in [1.82, 2.24) is 0 Å². The number of piperidine rings is 1. The Morgan fingerprint density at radius 2 is 1.88 bits per heavy atom. The van der Waals surface area contributed by atoms with E-state index in [-0.39, 0.29) is 12.3 Å². The number of halogens is 1. The first-order chi connectivity index (χ1) is 16.3. The number of rotatable bonds is 6. The van der Waals surface area contributed by atoms with Crippen LogP contribution in [-0.4, -0.2) is 24.4 Å². The smallest absolute Gasteiger partial charge is 0.311 e. The van der Waals surface area contributed by atoms with Crippen LogP contribution in [-0.2, 0) is 19.1 Å². The number of aryl methyl sites for hydroxylation is 1. The second kappa shape index (κ2) is 10.4. The Bertz CT molecular complexity index is 1190. The van der Waals surface area contributed by atoms with Crippen LogP contribution in [0, 0.1) is 19.8 Å². The van der Waals surface area contributed by atoms with Gasteiger partial charge in [-0.3, -0.25) is 14.4 Å². The van der Waals surface area contributed by atoms with E-state index in [1.54, 1.807) is 30.0 Å². The predicted molar refractivity (Wildman–Crippen MR) is 134 cm³/mol. The van der Waals surface area contributed by atoms with Crippen molar-refractivity contribution in [1.29, 1.82) is 0 Å². The molecule has 2 heterocycles. The molecule has 0 bridgehead atoms. The number of ether oxygens (including phenoxy) is 1. The van der Waals surface area contributed by atoms with E-state index < -0.39 is 30.4 Å². The summed E-state index contributed by atoms with van der Waals surface area (Å²) in [7, 11) is 0. The zero-order chi connectivity index (χ0) is 24.2.